The van der Waals surface area contributed by atoms with E-state index < -0.39 is 53.4 Å². The van der Waals surface area contributed by atoms with Gasteiger partial charge in [-0.05, 0) is 20.3 Å². The van der Waals surface area contributed by atoms with Gasteiger partial charge in [-0.15, -0.1) is 4.13 Å². The lowest BCUT2D eigenvalue weighted by Gasteiger charge is -2.18. The molecule has 2 amide bonds. The molecule has 0 aromatic carbocycles. The fourth-order valence-electron chi connectivity index (χ4n) is 1.53. The molecule has 0 aliphatic rings. The highest BCUT2D eigenvalue weighted by atomic mass is 32.2. The number of carboxylic acids is 1. The maximum absolute atomic E-state index is 11.9. The van der Waals surface area contributed by atoms with Gasteiger partial charge in [-0.3, -0.25) is 14.4 Å². The molecule has 14 heteroatoms. The average molecular weight is 402 g/mol. The normalized spacial score (nSPS) is 17.5. The monoisotopic (exact) mass is 402 g/mol. The molecule has 7 N–H and O–H groups in total. The summed E-state index contributed by atoms with van der Waals surface area (Å²) >= 11 is 0. The molecule has 146 valence electrons. The van der Waals surface area contributed by atoms with Crippen LogP contribution in [0.4, 0.5) is 0 Å². The van der Waals surface area contributed by atoms with E-state index in [0.29, 0.717) is 0 Å². The molecule has 0 unspecified atom stereocenters. The molecule has 0 aliphatic carbocycles. The number of nitrogens with zero attached hydrogens (tertiary/aromatic N) is 1. The van der Waals surface area contributed by atoms with Crippen molar-refractivity contribution in [2.24, 2.45) is 9.87 Å². The van der Waals surface area contributed by atoms with Gasteiger partial charge in [0, 0.05) is 12.0 Å². The number of carbonyl (C=O) groups excluding carboxylic acids is 2. The van der Waals surface area contributed by atoms with Gasteiger partial charge < -0.3 is 31.3 Å². The zero-order valence-electron chi connectivity index (χ0n) is 13.9. The molecule has 0 spiro atoms. The van der Waals surface area contributed by atoms with E-state index in [1.807, 2.05) is 0 Å². The number of nitrogens with two attached hydrogens (primary N) is 1. The fraction of sp³-hybridized carbons (Fsp3) is 0.727. The Morgan fingerprint density at radius 1 is 1.16 bits per heavy atom. The lowest BCUT2D eigenvalue weighted by molar-refractivity contribution is -0.141. The van der Waals surface area contributed by atoms with Crippen molar-refractivity contribution in [1.82, 2.24) is 10.6 Å². The molecule has 0 fully saturated rings. The van der Waals surface area contributed by atoms with Crippen LogP contribution in [0.25, 0.3) is 0 Å². The van der Waals surface area contributed by atoms with E-state index in [-0.39, 0.29) is 12.2 Å². The van der Waals surface area contributed by atoms with Gasteiger partial charge in [0.1, 0.15) is 12.1 Å². The number of nitrogens with one attached hydrogen (secondary N) is 2. The summed E-state index contributed by atoms with van der Waals surface area (Å²) < 4.78 is 25.5. The van der Waals surface area contributed by atoms with E-state index in [1.165, 1.54) is 13.8 Å². The Kier molecular flexibility index (Phi) is 8.68. The number of aliphatic carboxylic acids is 1. The summed E-state index contributed by atoms with van der Waals surface area (Å²) in [6.45, 7) is 2.57. The smallest absolute Gasteiger partial charge is 0.456 e. The first-order valence-corrected chi connectivity index (χ1v) is 10.7. The van der Waals surface area contributed by atoms with Crippen molar-refractivity contribution in [2.45, 2.75) is 38.4 Å². The first-order chi connectivity index (χ1) is 11.1. The van der Waals surface area contributed by atoms with Gasteiger partial charge >= 0.3 is 13.7 Å². The highest BCUT2D eigenvalue weighted by Gasteiger charge is 2.24. The van der Waals surface area contributed by atoms with Crippen LogP contribution in [0.15, 0.2) is 4.13 Å². The Bertz CT molecular complexity index is 684. The topological polar surface area (TPSA) is 208 Å². The van der Waals surface area contributed by atoms with Crippen LogP contribution in [-0.2, 0) is 28.7 Å². The van der Waals surface area contributed by atoms with Gasteiger partial charge in [0.15, 0.2) is 0 Å². The van der Waals surface area contributed by atoms with E-state index >= 15 is 0 Å². The molecule has 0 aromatic heterocycles. The number of hydrogen-bond acceptors (Lipinski definition) is 6. The van der Waals surface area contributed by atoms with Crippen LogP contribution in [-0.4, -0.2) is 67.0 Å². The average Bonchev–Trinajstić information content (AvgIpc) is 2.41. The predicted molar refractivity (Wildman–Crippen MR) is 88.8 cm³/mol. The highest BCUT2D eigenvalue weighted by Crippen LogP contribution is 2.37. The van der Waals surface area contributed by atoms with Crippen LogP contribution in [0.5, 0.6) is 0 Å². The van der Waals surface area contributed by atoms with E-state index in [0.717, 1.165) is 6.26 Å². The summed E-state index contributed by atoms with van der Waals surface area (Å²) in [4.78, 5) is 51.6. The summed E-state index contributed by atoms with van der Waals surface area (Å²) in [5, 5.41) is 13.1. The highest BCUT2D eigenvalue weighted by molar-refractivity contribution is 7.95. The molecule has 0 aromatic rings. The number of hydrogen-bond donors (Lipinski definition) is 6. The third kappa shape index (κ3) is 10.1. The summed E-state index contributed by atoms with van der Waals surface area (Å²) in [6, 6.07) is -3.40. The van der Waals surface area contributed by atoms with Crippen molar-refractivity contribution in [3.63, 3.8) is 0 Å². The van der Waals surface area contributed by atoms with Crippen molar-refractivity contribution < 1.29 is 38.1 Å². The van der Waals surface area contributed by atoms with Crippen LogP contribution in [0, 0.1) is 0 Å². The summed E-state index contributed by atoms with van der Waals surface area (Å²) in [5.41, 5.74) is 5.59. The summed E-state index contributed by atoms with van der Waals surface area (Å²) in [7, 11) is -8.05. The molecular weight excluding hydrogens is 379 g/mol. The Morgan fingerprint density at radius 3 is 2.08 bits per heavy atom. The van der Waals surface area contributed by atoms with Crippen LogP contribution < -0.4 is 16.4 Å². The second-order valence-corrected chi connectivity index (χ2v) is 9.46. The largest absolute Gasteiger partial charge is 0.480 e. The molecule has 0 aliphatic heterocycles. The predicted octanol–water partition coefficient (Wildman–Crippen LogP) is -2.01. The molecule has 4 atom stereocenters. The summed E-state index contributed by atoms with van der Waals surface area (Å²) in [6.07, 6.45) is 0.838. The number of carboxylic acid groups (broad SMARTS) is 1. The van der Waals surface area contributed by atoms with E-state index in [2.05, 4.69) is 14.8 Å². The molecule has 25 heavy (non-hydrogen) atoms. The van der Waals surface area contributed by atoms with Crippen molar-refractivity contribution >= 4 is 35.3 Å². The molecule has 0 rings (SSSR count). The Labute approximate surface area is 144 Å². The van der Waals surface area contributed by atoms with E-state index in [9.17, 15) is 23.2 Å². The van der Waals surface area contributed by atoms with Crippen LogP contribution in [0.1, 0.15) is 20.3 Å². The minimum Gasteiger partial charge on any atom is -0.480 e. The summed E-state index contributed by atoms with van der Waals surface area (Å²) in [5.74, 6) is -3.07. The zero-order chi connectivity index (χ0) is 20.0. The quantitative estimate of drug-likeness (QED) is 0.235. The molecular formula is C11H23N4O8PS. The van der Waals surface area contributed by atoms with Crippen molar-refractivity contribution in [1.29, 1.82) is 0 Å². The minimum atomic E-state index is -4.82. The number of carbonyl (C=O) groups is 3. The van der Waals surface area contributed by atoms with Crippen molar-refractivity contribution in [3.8, 4) is 0 Å². The second kappa shape index (κ2) is 9.25. The molecule has 0 saturated carbocycles. The van der Waals surface area contributed by atoms with Gasteiger partial charge in [0.25, 0.3) is 0 Å². The minimum absolute atomic E-state index is 0.190. The Morgan fingerprint density at radius 2 is 1.64 bits per heavy atom. The SMILES string of the molecule is C[C@H](NC(=O)[C@H](N)CC[S@@](C)(=O)=NP(=O)(O)O)C(=O)N[C@H](C)C(=O)O. The fourth-order valence-corrected chi connectivity index (χ4v) is 4.35. The first-order valence-electron chi connectivity index (χ1n) is 7.00. The maximum Gasteiger partial charge on any atom is 0.456 e. The van der Waals surface area contributed by atoms with Crippen LogP contribution >= 0.6 is 7.75 Å². The molecule has 0 saturated heterocycles. The van der Waals surface area contributed by atoms with Gasteiger partial charge in [-0.25, -0.2) is 8.77 Å². The van der Waals surface area contributed by atoms with Gasteiger partial charge in [0.05, 0.1) is 15.8 Å². The maximum atomic E-state index is 11.9. The zero-order valence-corrected chi connectivity index (χ0v) is 15.6. The molecule has 0 heterocycles. The lowest BCUT2D eigenvalue weighted by atomic mass is 10.2. The molecule has 0 radical (unpaired) electrons. The molecule has 0 bridgehead atoms. The third-order valence-corrected chi connectivity index (χ3v) is 6.13. The second-order valence-electron chi connectivity index (χ2n) is 5.45. The van der Waals surface area contributed by atoms with E-state index in [1.54, 1.807) is 0 Å². The van der Waals surface area contributed by atoms with Gasteiger partial charge in [-0.1, -0.05) is 0 Å². The van der Waals surface area contributed by atoms with Crippen molar-refractivity contribution in [3.05, 3.63) is 0 Å². The Hall–Kier alpha value is -1.53. The number of amides is 2. The first kappa shape index (κ1) is 23.5. The standard InChI is InChI=1S/C11H23N4O8PS/c1-6(9(16)14-7(2)11(18)19)13-10(17)8(12)4-5-25(3,23)15-24(20,21)22/h6-8H,4-5,12H2,1-3H3,(H,13,17)(H,14,16)(H,18,19)(H2,20,21,22)/t6-,7+,8+,25+/m0/s1. The molecule has 12 nitrogen and oxygen atoms in total. The van der Waals surface area contributed by atoms with Crippen LogP contribution in [0.3, 0.4) is 0 Å². The third-order valence-electron chi connectivity index (χ3n) is 2.90. The van der Waals surface area contributed by atoms with Gasteiger partial charge in [0.2, 0.25) is 11.8 Å². The Balaban J connectivity index is 4.64. The number of rotatable bonds is 9. The van der Waals surface area contributed by atoms with Crippen molar-refractivity contribution in [2.75, 3.05) is 12.0 Å². The van der Waals surface area contributed by atoms with Crippen LogP contribution in [0.2, 0.25) is 0 Å². The van der Waals surface area contributed by atoms with Gasteiger partial charge in [-0.2, -0.15) is 0 Å². The van der Waals surface area contributed by atoms with E-state index in [4.69, 9.17) is 20.6 Å². The lowest BCUT2D eigenvalue weighted by Crippen LogP contribution is -2.52.